The Labute approximate surface area is 425 Å². The molecule has 0 bridgehead atoms. The lowest BCUT2D eigenvalue weighted by atomic mass is 10.1. The van der Waals surface area contributed by atoms with Crippen molar-refractivity contribution in [2.45, 2.75) is 69.6 Å². The Kier molecular flexibility index (Phi) is 15.7. The van der Waals surface area contributed by atoms with Crippen molar-refractivity contribution in [3.05, 3.63) is 124 Å². The van der Waals surface area contributed by atoms with Gasteiger partial charge < -0.3 is 48.3 Å². The number of carbonyl (C=O) groups is 3. The van der Waals surface area contributed by atoms with E-state index in [1.807, 2.05) is 77.8 Å². The van der Waals surface area contributed by atoms with Gasteiger partial charge in [0.2, 0.25) is 5.91 Å². The normalized spacial score (nSPS) is 16.4. The molecule has 4 aliphatic rings. The zero-order valence-corrected chi connectivity index (χ0v) is 42.7. The summed E-state index contributed by atoms with van der Waals surface area (Å²) in [6.45, 7) is 7.28. The van der Waals surface area contributed by atoms with E-state index >= 15 is 0 Å². The first kappa shape index (κ1) is 50.4. The molecule has 0 fully saturated rings. The molecular weight excluding hydrogens is 935 g/mol. The molecule has 72 heavy (non-hydrogen) atoms. The van der Waals surface area contributed by atoms with E-state index in [9.17, 15) is 14.4 Å². The topological polar surface area (TPSA) is 150 Å². The van der Waals surface area contributed by atoms with Crippen molar-refractivity contribution in [2.75, 3.05) is 93.7 Å². The van der Waals surface area contributed by atoms with Gasteiger partial charge in [-0.3, -0.25) is 24.3 Å². The maximum absolute atomic E-state index is 14.4. The highest BCUT2D eigenvalue weighted by Gasteiger charge is 2.39. The van der Waals surface area contributed by atoms with E-state index in [4.69, 9.17) is 38.2 Å². The Morgan fingerprint density at radius 2 is 1.35 bits per heavy atom. The van der Waals surface area contributed by atoms with Crippen molar-refractivity contribution in [2.24, 2.45) is 4.99 Å². The van der Waals surface area contributed by atoms with Crippen molar-refractivity contribution in [1.82, 2.24) is 0 Å². The number of ether oxygens (including phenoxy) is 7. The SMILES string of the molecule is COCCOCCOCCN(C(=O)CCC(C)(C)SC)c1cc(COc2cc3c(cc2OC)C(=O)N2c4ccccc4C[C@H]2C=N3)cc(COc2cc3c(cc2OC)C(=O)N2c4ccccc4C[C@H]2CN3)c1. The van der Waals surface area contributed by atoms with Gasteiger partial charge in [-0.15, -0.1) is 0 Å². The Hall–Kier alpha value is -6.59. The molecular formula is C56H63N5O10S. The van der Waals surface area contributed by atoms with Crippen LogP contribution in [0.5, 0.6) is 23.0 Å². The Balaban J connectivity index is 1.01. The lowest BCUT2D eigenvalue weighted by Gasteiger charge is -2.27. The Morgan fingerprint density at radius 1 is 0.736 bits per heavy atom. The number of rotatable bonds is 22. The van der Waals surface area contributed by atoms with E-state index in [1.54, 1.807) is 61.1 Å². The number of para-hydroxylation sites is 2. The first-order valence-electron chi connectivity index (χ1n) is 24.4. The maximum Gasteiger partial charge on any atom is 0.261 e. The number of nitrogens with zero attached hydrogens (tertiary/aromatic N) is 4. The third-order valence-electron chi connectivity index (χ3n) is 13.7. The molecule has 0 saturated carbocycles. The van der Waals surface area contributed by atoms with Crippen LogP contribution in [0, 0.1) is 0 Å². The summed E-state index contributed by atoms with van der Waals surface area (Å²) in [6, 6.07) is 28.6. The van der Waals surface area contributed by atoms with Gasteiger partial charge >= 0.3 is 0 Å². The molecule has 4 aliphatic heterocycles. The summed E-state index contributed by atoms with van der Waals surface area (Å²) in [5.41, 5.74) is 8.25. The second-order valence-electron chi connectivity index (χ2n) is 18.8. The largest absolute Gasteiger partial charge is 0.493 e. The summed E-state index contributed by atoms with van der Waals surface area (Å²) >= 11 is 1.72. The summed E-state index contributed by atoms with van der Waals surface area (Å²) in [6.07, 6.45) is 6.31. The first-order chi connectivity index (χ1) is 35.0. The zero-order valence-electron chi connectivity index (χ0n) is 41.9. The monoisotopic (exact) mass is 997 g/mol. The number of anilines is 4. The third-order valence-corrected chi connectivity index (χ3v) is 15.0. The number of methoxy groups -OCH3 is 3. The molecule has 0 aliphatic carbocycles. The number of hydrogen-bond donors (Lipinski definition) is 1. The van der Waals surface area contributed by atoms with Crippen LogP contribution in [-0.2, 0) is 45.1 Å². The molecule has 15 nitrogen and oxygen atoms in total. The lowest BCUT2D eigenvalue weighted by Crippen LogP contribution is -2.39. The van der Waals surface area contributed by atoms with Gasteiger partial charge in [0.05, 0.1) is 81.8 Å². The summed E-state index contributed by atoms with van der Waals surface area (Å²) < 4.78 is 41.5. The van der Waals surface area contributed by atoms with E-state index in [1.165, 1.54) is 0 Å². The van der Waals surface area contributed by atoms with Gasteiger partial charge in [0.25, 0.3) is 11.8 Å². The minimum Gasteiger partial charge on any atom is -0.493 e. The quantitative estimate of drug-likeness (QED) is 0.0660. The molecule has 16 heteroatoms. The standard InChI is InChI=1S/C56H63N5O10S/c1-56(2,72-6)16-15-53(62)59(17-18-68-21-22-69-20-19-65-3)40-24-36(34-70-51-30-45-43(28-49(51)66-4)54(63)60-41(32-57-45)26-38-11-7-9-13-47(38)60)23-37(25-40)35-71-52-31-46-44(29-50(52)67-5)55(64)61-42(33-58-46)27-39-12-8-10-14-48(39)61/h7-14,23-25,28-32,41-42,58H,15-22,26-27,33-35H2,1-6H3/t41-,42-/m0/s1. The van der Waals surface area contributed by atoms with Crippen molar-refractivity contribution in [3.63, 3.8) is 0 Å². The minimum absolute atomic E-state index is 0.0324. The molecule has 0 unspecified atom stereocenters. The average Bonchev–Trinajstić information content (AvgIpc) is 3.89. The number of thioether (sulfide) groups is 1. The van der Waals surface area contributed by atoms with Crippen LogP contribution in [0.2, 0.25) is 0 Å². The number of fused-ring (bicyclic) bond motifs is 8. The molecule has 5 aromatic carbocycles. The fourth-order valence-electron chi connectivity index (χ4n) is 9.65. The lowest BCUT2D eigenvalue weighted by molar-refractivity contribution is -0.119. The van der Waals surface area contributed by atoms with Gasteiger partial charge in [-0.2, -0.15) is 11.8 Å². The summed E-state index contributed by atoms with van der Waals surface area (Å²) in [7, 11) is 4.73. The van der Waals surface area contributed by atoms with Crippen LogP contribution in [0.15, 0.2) is 96.0 Å². The van der Waals surface area contributed by atoms with Crippen molar-refractivity contribution < 1.29 is 47.5 Å². The average molecular weight is 998 g/mol. The molecule has 0 radical (unpaired) electrons. The molecule has 4 heterocycles. The fourth-order valence-corrected chi connectivity index (χ4v) is 9.96. The van der Waals surface area contributed by atoms with Gasteiger partial charge in [0.15, 0.2) is 23.0 Å². The predicted molar refractivity (Wildman–Crippen MR) is 282 cm³/mol. The second-order valence-corrected chi connectivity index (χ2v) is 20.3. The van der Waals surface area contributed by atoms with Crippen LogP contribution < -0.4 is 39.0 Å². The molecule has 378 valence electrons. The smallest absolute Gasteiger partial charge is 0.261 e. The van der Waals surface area contributed by atoms with E-state index < -0.39 is 0 Å². The molecule has 0 spiro atoms. The highest BCUT2D eigenvalue weighted by Crippen LogP contribution is 2.43. The van der Waals surface area contributed by atoms with Gasteiger partial charge in [0.1, 0.15) is 13.2 Å². The van der Waals surface area contributed by atoms with Crippen molar-refractivity contribution in [1.29, 1.82) is 0 Å². The molecule has 1 N–H and O–H groups in total. The van der Waals surface area contributed by atoms with Gasteiger partial charge in [-0.25, -0.2) is 0 Å². The first-order valence-corrected chi connectivity index (χ1v) is 25.6. The maximum atomic E-state index is 14.4. The van der Waals surface area contributed by atoms with Gasteiger partial charge in [-0.05, 0) is 83.8 Å². The van der Waals surface area contributed by atoms with Crippen molar-refractivity contribution >= 4 is 64.1 Å². The van der Waals surface area contributed by atoms with E-state index in [0.717, 1.165) is 40.0 Å². The highest BCUT2D eigenvalue weighted by atomic mass is 32.2. The number of benzene rings is 5. The van der Waals surface area contributed by atoms with Crippen LogP contribution in [0.1, 0.15) is 69.7 Å². The summed E-state index contributed by atoms with van der Waals surface area (Å²) in [5.74, 6) is 1.33. The van der Waals surface area contributed by atoms with Crippen LogP contribution >= 0.6 is 11.8 Å². The van der Waals surface area contributed by atoms with Crippen LogP contribution in [0.4, 0.5) is 28.4 Å². The summed E-state index contributed by atoms with van der Waals surface area (Å²) in [4.78, 5) is 53.0. The molecule has 0 saturated heterocycles. The molecule has 5 aromatic rings. The predicted octanol–water partition coefficient (Wildman–Crippen LogP) is 9.08. The van der Waals surface area contributed by atoms with Gasteiger partial charge in [-0.1, -0.05) is 50.2 Å². The fraction of sp³-hybridized carbons (Fsp3) is 0.393. The second kappa shape index (κ2) is 22.4. The van der Waals surface area contributed by atoms with Gasteiger partial charge in [0, 0.05) is 73.2 Å². The number of amides is 3. The van der Waals surface area contributed by atoms with Crippen LogP contribution in [0.3, 0.4) is 0 Å². The Bertz CT molecular complexity index is 2840. The van der Waals surface area contributed by atoms with Crippen molar-refractivity contribution in [3.8, 4) is 23.0 Å². The third kappa shape index (κ3) is 10.9. The minimum atomic E-state index is -0.210. The van der Waals surface area contributed by atoms with Crippen LogP contribution in [0.25, 0.3) is 0 Å². The number of carbonyl (C=O) groups excluding carboxylic acids is 3. The van der Waals surface area contributed by atoms with E-state index in [-0.39, 0.29) is 60.9 Å². The highest BCUT2D eigenvalue weighted by molar-refractivity contribution is 7.99. The Morgan fingerprint density at radius 3 is 2.03 bits per heavy atom. The van der Waals surface area contributed by atoms with E-state index in [2.05, 4.69) is 31.5 Å². The van der Waals surface area contributed by atoms with Crippen LogP contribution in [-0.4, -0.2) is 114 Å². The molecule has 9 rings (SSSR count). The number of nitrogens with one attached hydrogen (secondary N) is 1. The van der Waals surface area contributed by atoms with E-state index in [0.29, 0.717) is 103 Å². The zero-order chi connectivity index (χ0) is 50.4. The molecule has 2 atom stereocenters. The molecule has 0 aromatic heterocycles. The molecule has 3 amide bonds. The summed E-state index contributed by atoms with van der Waals surface area (Å²) in [5, 5.41) is 3.52. The number of hydrogen-bond acceptors (Lipinski definition) is 13. The number of aliphatic imine (C=N–C) groups is 1.